The van der Waals surface area contributed by atoms with E-state index in [1.54, 1.807) is 19.5 Å². The number of ether oxygens (including phenoxy) is 2. The van der Waals surface area contributed by atoms with Crippen LogP contribution in [0.3, 0.4) is 0 Å². The molecule has 7 rings (SSSR count). The normalized spacial score (nSPS) is 21.1. The molecule has 9 heteroatoms. The van der Waals surface area contributed by atoms with Crippen molar-refractivity contribution in [2.45, 2.75) is 45.2 Å². The summed E-state index contributed by atoms with van der Waals surface area (Å²) in [4.78, 5) is 14.1. The first-order valence-corrected chi connectivity index (χ1v) is 12.8. The molecule has 39 heavy (non-hydrogen) atoms. The number of aromatic nitrogens is 4. The standard InChI is InChI=1S/C30H27N7O2/c1-19-11-22(5-4-10-31)12-20(2)25(19)39-27-24-26(33-18-37(24)13-21-6-8-23(38-3)9-7-21)34-28(35-27)36-30-14-29(15-30,16-30)17-32/h4-9,11-12,18H,13-16H2,1-3H3,(H,34,35,36)/b5-4+. The van der Waals surface area contributed by atoms with Crippen LogP contribution >= 0.6 is 0 Å². The molecule has 9 nitrogen and oxygen atoms in total. The van der Waals surface area contributed by atoms with Gasteiger partial charge in [0.25, 0.3) is 5.88 Å². The highest BCUT2D eigenvalue weighted by atomic mass is 16.5. The van der Waals surface area contributed by atoms with E-state index in [0.717, 1.165) is 47.3 Å². The molecule has 0 amide bonds. The quantitative estimate of drug-likeness (QED) is 0.296. The maximum Gasteiger partial charge on any atom is 0.250 e. The fourth-order valence-electron chi connectivity index (χ4n) is 5.87. The van der Waals surface area contributed by atoms with E-state index in [-0.39, 0.29) is 11.0 Å². The van der Waals surface area contributed by atoms with Crippen molar-refractivity contribution in [1.29, 1.82) is 10.5 Å². The van der Waals surface area contributed by atoms with Gasteiger partial charge in [0, 0.05) is 18.2 Å². The molecule has 3 saturated carbocycles. The Hall–Kier alpha value is -4.89. The van der Waals surface area contributed by atoms with Gasteiger partial charge in [-0.05, 0) is 85.7 Å². The van der Waals surface area contributed by atoms with Gasteiger partial charge in [-0.2, -0.15) is 20.5 Å². The van der Waals surface area contributed by atoms with Crippen LogP contribution in [-0.4, -0.2) is 32.2 Å². The van der Waals surface area contributed by atoms with Crippen LogP contribution < -0.4 is 14.8 Å². The molecule has 2 aromatic heterocycles. The highest BCUT2D eigenvalue weighted by Gasteiger charge is 2.69. The molecular formula is C30H27N7O2. The molecule has 0 aliphatic heterocycles. The van der Waals surface area contributed by atoms with Gasteiger partial charge in [-0.25, -0.2) is 4.98 Å². The van der Waals surface area contributed by atoms with Crippen molar-refractivity contribution in [3.63, 3.8) is 0 Å². The number of nitrogens with one attached hydrogen (secondary N) is 1. The zero-order valence-electron chi connectivity index (χ0n) is 22.0. The maximum atomic E-state index is 9.42. The number of benzene rings is 2. The number of rotatable bonds is 8. The predicted molar refractivity (Wildman–Crippen MR) is 146 cm³/mol. The zero-order chi connectivity index (χ0) is 27.2. The summed E-state index contributed by atoms with van der Waals surface area (Å²) in [5, 5.41) is 21.8. The Bertz CT molecular complexity index is 1660. The highest BCUT2D eigenvalue weighted by molar-refractivity contribution is 5.79. The second-order valence-corrected chi connectivity index (χ2v) is 10.6. The summed E-state index contributed by atoms with van der Waals surface area (Å²) in [6.45, 7) is 4.50. The van der Waals surface area contributed by atoms with E-state index in [1.165, 1.54) is 6.08 Å². The minimum atomic E-state index is -0.188. The van der Waals surface area contributed by atoms with E-state index >= 15 is 0 Å². The molecule has 0 atom stereocenters. The van der Waals surface area contributed by atoms with Crippen LogP contribution in [0.2, 0.25) is 0 Å². The second kappa shape index (κ2) is 9.14. The number of nitriles is 2. The van der Waals surface area contributed by atoms with E-state index in [9.17, 15) is 5.26 Å². The fourth-order valence-corrected chi connectivity index (χ4v) is 5.87. The van der Waals surface area contributed by atoms with Crippen molar-refractivity contribution in [2.24, 2.45) is 5.41 Å². The summed E-state index contributed by atoms with van der Waals surface area (Å²) in [5.41, 5.74) is 4.74. The van der Waals surface area contributed by atoms with Gasteiger partial charge in [0.05, 0.1) is 31.0 Å². The molecule has 4 aromatic rings. The lowest BCUT2D eigenvalue weighted by molar-refractivity contribution is -0.0665. The summed E-state index contributed by atoms with van der Waals surface area (Å²) < 4.78 is 13.8. The maximum absolute atomic E-state index is 9.42. The Morgan fingerprint density at radius 3 is 2.44 bits per heavy atom. The lowest BCUT2D eigenvalue weighted by Gasteiger charge is -2.66. The molecule has 2 bridgehead atoms. The van der Waals surface area contributed by atoms with Crippen LogP contribution in [0.25, 0.3) is 17.2 Å². The minimum absolute atomic E-state index is 0.132. The average molecular weight is 518 g/mol. The van der Waals surface area contributed by atoms with Crippen molar-refractivity contribution in [2.75, 3.05) is 12.4 Å². The number of allylic oxidation sites excluding steroid dienone is 1. The highest BCUT2D eigenvalue weighted by Crippen LogP contribution is 2.67. The van der Waals surface area contributed by atoms with Gasteiger partial charge < -0.3 is 19.4 Å². The van der Waals surface area contributed by atoms with Gasteiger partial charge in [0.1, 0.15) is 11.5 Å². The third-order valence-corrected chi connectivity index (χ3v) is 7.63. The van der Waals surface area contributed by atoms with Gasteiger partial charge in [-0.3, -0.25) is 0 Å². The third kappa shape index (κ3) is 4.32. The lowest BCUT2D eigenvalue weighted by Crippen LogP contribution is -2.70. The Balaban J connectivity index is 1.38. The van der Waals surface area contributed by atoms with Crippen LogP contribution in [0, 0.1) is 41.9 Å². The number of anilines is 1. The molecule has 0 spiro atoms. The number of imidazole rings is 1. The van der Waals surface area contributed by atoms with Crippen molar-refractivity contribution in [3.8, 4) is 29.5 Å². The van der Waals surface area contributed by atoms with Crippen LogP contribution in [0.1, 0.15) is 41.5 Å². The van der Waals surface area contributed by atoms with Gasteiger partial charge in [0.15, 0.2) is 11.2 Å². The minimum Gasteiger partial charge on any atom is -0.497 e. The van der Waals surface area contributed by atoms with Gasteiger partial charge >= 0.3 is 0 Å². The Morgan fingerprint density at radius 2 is 1.79 bits per heavy atom. The van der Waals surface area contributed by atoms with Crippen molar-refractivity contribution in [3.05, 3.63) is 71.1 Å². The van der Waals surface area contributed by atoms with Crippen LogP contribution in [0.4, 0.5) is 5.95 Å². The average Bonchev–Trinajstić information content (AvgIpc) is 3.29. The second-order valence-electron chi connectivity index (χ2n) is 10.6. The van der Waals surface area contributed by atoms with Crippen molar-refractivity contribution in [1.82, 2.24) is 19.5 Å². The van der Waals surface area contributed by atoms with E-state index < -0.39 is 0 Å². The molecule has 0 unspecified atom stereocenters. The third-order valence-electron chi connectivity index (χ3n) is 7.63. The summed E-state index contributed by atoms with van der Waals surface area (Å²) in [6.07, 6.45) is 7.39. The number of aryl methyl sites for hydroxylation is 2. The smallest absolute Gasteiger partial charge is 0.250 e. The Morgan fingerprint density at radius 1 is 1.08 bits per heavy atom. The largest absolute Gasteiger partial charge is 0.497 e. The first-order valence-electron chi connectivity index (χ1n) is 12.8. The van der Waals surface area contributed by atoms with E-state index in [0.29, 0.717) is 35.3 Å². The van der Waals surface area contributed by atoms with Crippen LogP contribution in [0.5, 0.6) is 17.4 Å². The van der Waals surface area contributed by atoms with E-state index in [1.807, 2.05) is 60.9 Å². The first-order chi connectivity index (χ1) is 18.8. The summed E-state index contributed by atoms with van der Waals surface area (Å²) in [7, 11) is 1.65. The SMILES string of the molecule is COc1ccc(Cn2cnc3nc(NC45CC(C#N)(C4)C5)nc(Oc4c(C)cc(/C=C/C#N)cc4C)c32)cc1. The molecule has 2 heterocycles. The molecule has 3 fully saturated rings. The Kier molecular flexibility index (Phi) is 5.73. The number of fused-ring (bicyclic) bond motifs is 1. The fraction of sp³-hybridized carbons (Fsp3) is 0.300. The van der Waals surface area contributed by atoms with Gasteiger partial charge in [-0.1, -0.05) is 12.1 Å². The lowest BCUT2D eigenvalue weighted by atomic mass is 9.40. The van der Waals surface area contributed by atoms with Crippen molar-refractivity contribution < 1.29 is 9.47 Å². The zero-order valence-corrected chi connectivity index (χ0v) is 22.0. The Labute approximate surface area is 226 Å². The molecule has 0 radical (unpaired) electrons. The van der Waals surface area contributed by atoms with Gasteiger partial charge in [-0.15, -0.1) is 0 Å². The topological polar surface area (TPSA) is 122 Å². The van der Waals surface area contributed by atoms with E-state index in [4.69, 9.17) is 24.7 Å². The van der Waals surface area contributed by atoms with Crippen molar-refractivity contribution >= 4 is 23.2 Å². The van der Waals surface area contributed by atoms with E-state index in [2.05, 4.69) is 16.4 Å². The van der Waals surface area contributed by atoms with Gasteiger partial charge in [0.2, 0.25) is 5.95 Å². The summed E-state index contributed by atoms with van der Waals surface area (Å²) >= 11 is 0. The molecular weight excluding hydrogens is 490 g/mol. The molecule has 3 aliphatic rings. The molecule has 1 N–H and O–H groups in total. The van der Waals surface area contributed by atoms with Crippen LogP contribution in [-0.2, 0) is 6.54 Å². The molecule has 194 valence electrons. The number of nitrogens with zero attached hydrogens (tertiary/aromatic N) is 6. The summed E-state index contributed by atoms with van der Waals surface area (Å²) in [6, 6.07) is 16.3. The number of methoxy groups -OCH3 is 1. The number of hydrogen-bond acceptors (Lipinski definition) is 8. The van der Waals surface area contributed by atoms with Crippen LogP contribution in [0.15, 0.2) is 48.8 Å². The number of hydrogen-bond donors (Lipinski definition) is 1. The molecule has 2 aromatic carbocycles. The first kappa shape index (κ1) is 24.4. The predicted octanol–water partition coefficient (Wildman–Crippen LogP) is 5.69. The summed E-state index contributed by atoms with van der Waals surface area (Å²) in [5.74, 6) is 2.34. The monoisotopic (exact) mass is 517 g/mol. The molecule has 0 saturated heterocycles. The molecule has 3 aliphatic carbocycles.